The third-order valence-electron chi connectivity index (χ3n) is 2.03. The smallest absolute Gasteiger partial charge is 0.346 e. The van der Waals surface area contributed by atoms with Crippen molar-refractivity contribution in [3.63, 3.8) is 0 Å². The number of aromatic nitrogens is 2. The van der Waals surface area contributed by atoms with Crippen LogP contribution in [0.25, 0.3) is 0 Å². The number of nitrogens with one attached hydrogen (secondary N) is 1. The van der Waals surface area contributed by atoms with Gasteiger partial charge in [0.25, 0.3) is 0 Å². The summed E-state index contributed by atoms with van der Waals surface area (Å²) in [6.45, 7) is 1.86. The largest absolute Gasteiger partial charge is 0.388 e. The quantitative estimate of drug-likeness (QED) is 0.757. The van der Waals surface area contributed by atoms with Gasteiger partial charge in [-0.2, -0.15) is 0 Å². The first-order valence-electron chi connectivity index (χ1n) is 4.54. The fraction of sp³-hybridized carbons (Fsp3) is 0.0909. The molecule has 1 N–H and O–H groups in total. The molecule has 0 bridgehead atoms. The monoisotopic (exact) mass is 202 g/mol. The van der Waals surface area contributed by atoms with Gasteiger partial charge in [0.1, 0.15) is 0 Å². The Morgan fingerprint density at radius 2 is 2.20 bits per heavy atom. The van der Waals surface area contributed by atoms with Crippen LogP contribution in [0, 0.1) is 6.92 Å². The average molecular weight is 202 g/mol. The van der Waals surface area contributed by atoms with Gasteiger partial charge in [0.05, 0.1) is 5.56 Å². The van der Waals surface area contributed by atoms with Gasteiger partial charge in [-0.3, -0.25) is 0 Å². The molecule has 4 nitrogen and oxygen atoms in total. The summed E-state index contributed by atoms with van der Waals surface area (Å²) < 4.78 is 5.02. The van der Waals surface area contributed by atoms with E-state index in [1.54, 1.807) is 18.3 Å². The van der Waals surface area contributed by atoms with E-state index in [0.29, 0.717) is 5.56 Å². The minimum absolute atomic E-state index is 0.211. The lowest BCUT2D eigenvalue weighted by molar-refractivity contribution is 0.0720. The number of benzene rings is 1. The van der Waals surface area contributed by atoms with Gasteiger partial charge >= 0.3 is 12.0 Å². The summed E-state index contributed by atoms with van der Waals surface area (Å²) in [5.74, 6) is -0.400. The van der Waals surface area contributed by atoms with Gasteiger partial charge in [0.15, 0.2) is 0 Å². The Morgan fingerprint density at radius 3 is 2.87 bits per heavy atom. The van der Waals surface area contributed by atoms with Crippen molar-refractivity contribution in [3.8, 4) is 6.01 Å². The second-order valence-corrected chi connectivity index (χ2v) is 3.10. The van der Waals surface area contributed by atoms with E-state index in [2.05, 4.69) is 9.97 Å². The van der Waals surface area contributed by atoms with Crippen LogP contribution in [-0.2, 0) is 0 Å². The maximum atomic E-state index is 11.7. The normalized spacial score (nSPS) is 9.93. The summed E-state index contributed by atoms with van der Waals surface area (Å²) in [6, 6.07) is 7.47. The van der Waals surface area contributed by atoms with Crippen LogP contribution in [-0.4, -0.2) is 15.9 Å². The van der Waals surface area contributed by atoms with E-state index < -0.39 is 5.97 Å². The molecule has 0 aliphatic rings. The lowest BCUT2D eigenvalue weighted by atomic mass is 10.1. The van der Waals surface area contributed by atoms with Crippen LogP contribution < -0.4 is 4.74 Å². The van der Waals surface area contributed by atoms with Gasteiger partial charge < -0.3 is 9.72 Å². The molecule has 0 saturated carbocycles. The first kappa shape index (κ1) is 9.45. The van der Waals surface area contributed by atoms with E-state index in [1.807, 2.05) is 19.1 Å². The topological polar surface area (TPSA) is 55.0 Å². The van der Waals surface area contributed by atoms with Gasteiger partial charge in [-0.1, -0.05) is 18.2 Å². The van der Waals surface area contributed by atoms with E-state index in [0.717, 1.165) is 5.56 Å². The molecule has 0 fully saturated rings. The number of hydrogen-bond acceptors (Lipinski definition) is 3. The average Bonchev–Trinajstić information content (AvgIpc) is 2.71. The van der Waals surface area contributed by atoms with Crippen LogP contribution in [0.4, 0.5) is 0 Å². The van der Waals surface area contributed by atoms with Crippen molar-refractivity contribution in [3.05, 3.63) is 47.8 Å². The van der Waals surface area contributed by atoms with Gasteiger partial charge in [-0.25, -0.2) is 9.78 Å². The van der Waals surface area contributed by atoms with Crippen LogP contribution in [0.5, 0.6) is 6.01 Å². The molecule has 0 amide bonds. The van der Waals surface area contributed by atoms with E-state index in [-0.39, 0.29) is 6.01 Å². The highest BCUT2D eigenvalue weighted by molar-refractivity contribution is 5.92. The molecular formula is C11H10N2O2. The molecule has 0 unspecified atom stereocenters. The summed E-state index contributed by atoms with van der Waals surface area (Å²) in [7, 11) is 0. The Bertz CT molecular complexity index is 463. The Morgan fingerprint density at radius 1 is 1.40 bits per heavy atom. The third kappa shape index (κ3) is 2.04. The molecule has 1 heterocycles. The highest BCUT2D eigenvalue weighted by Crippen LogP contribution is 2.10. The molecule has 2 aromatic rings. The van der Waals surface area contributed by atoms with Gasteiger partial charge in [-0.15, -0.1) is 0 Å². The van der Waals surface area contributed by atoms with Crippen LogP contribution in [0.1, 0.15) is 15.9 Å². The molecule has 0 atom stereocenters. The molecule has 15 heavy (non-hydrogen) atoms. The van der Waals surface area contributed by atoms with Crippen LogP contribution in [0.3, 0.4) is 0 Å². The standard InChI is InChI=1S/C11H10N2O2/c1-8-4-2-3-5-9(8)10(14)15-11-12-6-7-13-11/h2-7H,1H3,(H,12,13). The predicted octanol–water partition coefficient (Wildman–Crippen LogP) is 1.94. The molecule has 0 aliphatic carbocycles. The molecule has 0 saturated heterocycles. The van der Waals surface area contributed by atoms with Crippen molar-refractivity contribution in [2.24, 2.45) is 0 Å². The van der Waals surface area contributed by atoms with E-state index >= 15 is 0 Å². The van der Waals surface area contributed by atoms with Crippen molar-refractivity contribution in [2.45, 2.75) is 6.92 Å². The fourth-order valence-electron chi connectivity index (χ4n) is 1.25. The SMILES string of the molecule is Cc1ccccc1C(=O)Oc1ncc[nH]1. The Labute approximate surface area is 86.9 Å². The lowest BCUT2D eigenvalue weighted by Gasteiger charge is -2.03. The van der Waals surface area contributed by atoms with Crippen molar-refractivity contribution >= 4 is 5.97 Å². The van der Waals surface area contributed by atoms with Gasteiger partial charge in [-0.05, 0) is 18.6 Å². The van der Waals surface area contributed by atoms with E-state index in [4.69, 9.17) is 4.74 Å². The summed E-state index contributed by atoms with van der Waals surface area (Å²) in [6.07, 6.45) is 3.13. The lowest BCUT2D eigenvalue weighted by Crippen LogP contribution is -2.10. The number of hydrogen-bond donors (Lipinski definition) is 1. The number of carbonyl (C=O) groups is 1. The number of rotatable bonds is 2. The van der Waals surface area contributed by atoms with Crippen LogP contribution in [0.15, 0.2) is 36.7 Å². The molecule has 76 valence electrons. The molecule has 0 aliphatic heterocycles. The van der Waals surface area contributed by atoms with Crippen molar-refractivity contribution in [1.82, 2.24) is 9.97 Å². The van der Waals surface area contributed by atoms with E-state index in [1.165, 1.54) is 6.20 Å². The van der Waals surface area contributed by atoms with Crippen molar-refractivity contribution < 1.29 is 9.53 Å². The van der Waals surface area contributed by atoms with E-state index in [9.17, 15) is 4.79 Å². The molecule has 1 aromatic heterocycles. The maximum absolute atomic E-state index is 11.7. The number of esters is 1. The van der Waals surface area contributed by atoms with Crippen molar-refractivity contribution in [2.75, 3.05) is 0 Å². The second-order valence-electron chi connectivity index (χ2n) is 3.10. The van der Waals surface area contributed by atoms with Crippen LogP contribution in [0.2, 0.25) is 0 Å². The minimum Gasteiger partial charge on any atom is -0.388 e. The number of nitrogens with zero attached hydrogens (tertiary/aromatic N) is 1. The fourth-order valence-corrected chi connectivity index (χ4v) is 1.25. The Hall–Kier alpha value is -2.10. The minimum atomic E-state index is -0.400. The molecule has 0 radical (unpaired) electrons. The molecule has 1 aromatic carbocycles. The summed E-state index contributed by atoms with van der Waals surface area (Å²) in [5, 5.41) is 0. The zero-order chi connectivity index (χ0) is 10.7. The molecule has 4 heteroatoms. The molecule has 2 rings (SSSR count). The molecule has 0 spiro atoms. The number of imidazole rings is 1. The zero-order valence-electron chi connectivity index (χ0n) is 8.23. The first-order valence-corrected chi connectivity index (χ1v) is 4.54. The molecular weight excluding hydrogens is 192 g/mol. The highest BCUT2D eigenvalue weighted by atomic mass is 16.5. The van der Waals surface area contributed by atoms with Gasteiger partial charge in [0, 0.05) is 12.4 Å². The predicted molar refractivity (Wildman–Crippen MR) is 54.7 cm³/mol. The number of carbonyl (C=O) groups excluding carboxylic acids is 1. The number of H-pyrrole nitrogens is 1. The number of aryl methyl sites for hydroxylation is 1. The number of ether oxygens (including phenoxy) is 1. The van der Waals surface area contributed by atoms with Crippen LogP contribution >= 0.6 is 0 Å². The Balaban J connectivity index is 2.19. The zero-order valence-corrected chi connectivity index (χ0v) is 8.23. The maximum Gasteiger partial charge on any atom is 0.346 e. The first-order chi connectivity index (χ1) is 7.27. The Kier molecular flexibility index (Phi) is 2.49. The highest BCUT2D eigenvalue weighted by Gasteiger charge is 2.11. The third-order valence-corrected chi connectivity index (χ3v) is 2.03. The summed E-state index contributed by atoms with van der Waals surface area (Å²) in [4.78, 5) is 18.2. The van der Waals surface area contributed by atoms with Crippen molar-refractivity contribution in [1.29, 1.82) is 0 Å². The van der Waals surface area contributed by atoms with Gasteiger partial charge in [0.2, 0.25) is 0 Å². The summed E-state index contributed by atoms with van der Waals surface area (Å²) in [5.41, 5.74) is 1.43. The number of aromatic amines is 1. The second kappa shape index (κ2) is 3.96. The summed E-state index contributed by atoms with van der Waals surface area (Å²) >= 11 is 0.